The van der Waals surface area contributed by atoms with E-state index >= 15 is 0 Å². The molecule has 1 amide bonds. The van der Waals surface area contributed by atoms with Crippen LogP contribution in [-0.2, 0) is 28.8 Å². The molecule has 10 heteroatoms. The summed E-state index contributed by atoms with van der Waals surface area (Å²) in [5, 5.41) is 4.06. The van der Waals surface area contributed by atoms with E-state index in [1.165, 1.54) is 5.56 Å². The van der Waals surface area contributed by atoms with Crippen molar-refractivity contribution in [2.75, 3.05) is 32.8 Å². The van der Waals surface area contributed by atoms with Gasteiger partial charge in [0, 0.05) is 48.4 Å². The Morgan fingerprint density at radius 1 is 1.31 bits per heavy atom. The molecule has 1 fully saturated rings. The molecule has 2 aliphatic rings. The van der Waals surface area contributed by atoms with Crippen LogP contribution >= 0.6 is 11.3 Å². The Balaban J connectivity index is 1.17. The van der Waals surface area contributed by atoms with Crippen molar-refractivity contribution >= 4 is 17.2 Å². The number of pyridine rings is 1. The fraction of sp³-hybridized carbons (Fsp3) is 0.640. The third kappa shape index (κ3) is 7.65. The van der Waals surface area contributed by atoms with E-state index in [1.807, 2.05) is 19.9 Å². The highest BCUT2D eigenvalue weighted by Gasteiger charge is 2.24. The SMILES string of the molecule is Cc1ncc(CC(=O)N[C@H]2CC[C@H](CCN3CCc4cc(C)c(OCC(F)F)nc4CC3)OC2)s1. The van der Waals surface area contributed by atoms with Crippen LogP contribution in [-0.4, -0.2) is 72.2 Å². The molecule has 4 heterocycles. The van der Waals surface area contributed by atoms with Gasteiger partial charge >= 0.3 is 0 Å². The smallest absolute Gasteiger partial charge is 0.272 e. The Kier molecular flexibility index (Phi) is 9.02. The first-order chi connectivity index (χ1) is 16.9. The number of rotatable bonds is 9. The zero-order valence-electron chi connectivity index (χ0n) is 20.4. The van der Waals surface area contributed by atoms with E-state index in [9.17, 15) is 13.6 Å². The van der Waals surface area contributed by atoms with Gasteiger partial charge in [0.2, 0.25) is 11.8 Å². The maximum Gasteiger partial charge on any atom is 0.272 e. The van der Waals surface area contributed by atoms with E-state index in [2.05, 4.69) is 20.2 Å². The second kappa shape index (κ2) is 12.2. The summed E-state index contributed by atoms with van der Waals surface area (Å²) in [6.45, 7) is 6.47. The quantitative estimate of drug-likeness (QED) is 0.559. The Morgan fingerprint density at radius 2 is 2.14 bits per heavy atom. The van der Waals surface area contributed by atoms with Gasteiger partial charge in [0.25, 0.3) is 6.43 Å². The van der Waals surface area contributed by atoms with Gasteiger partial charge in [0.1, 0.15) is 0 Å². The number of fused-ring (bicyclic) bond motifs is 1. The number of carbonyl (C=O) groups excluding carboxylic acids is 1. The summed E-state index contributed by atoms with van der Waals surface area (Å²) < 4.78 is 36.3. The Morgan fingerprint density at radius 3 is 2.86 bits per heavy atom. The van der Waals surface area contributed by atoms with E-state index in [-0.39, 0.29) is 18.1 Å². The van der Waals surface area contributed by atoms with E-state index in [0.717, 1.165) is 72.9 Å². The highest BCUT2D eigenvalue weighted by Crippen LogP contribution is 2.24. The van der Waals surface area contributed by atoms with Gasteiger partial charge in [-0.3, -0.25) is 4.79 Å². The van der Waals surface area contributed by atoms with E-state index in [4.69, 9.17) is 9.47 Å². The molecule has 2 aliphatic heterocycles. The van der Waals surface area contributed by atoms with Crippen LogP contribution in [0.3, 0.4) is 0 Å². The molecule has 0 aromatic carbocycles. The molecular weight excluding hydrogens is 474 g/mol. The second-order valence-corrected chi connectivity index (χ2v) is 10.7. The molecule has 1 saturated heterocycles. The van der Waals surface area contributed by atoms with Crippen LogP contribution in [0.4, 0.5) is 8.78 Å². The number of aryl methyl sites for hydroxylation is 2. The number of halogens is 2. The van der Waals surface area contributed by atoms with Gasteiger partial charge in [-0.05, 0) is 51.2 Å². The molecule has 192 valence electrons. The Labute approximate surface area is 209 Å². The largest absolute Gasteiger partial charge is 0.471 e. The van der Waals surface area contributed by atoms with Crippen molar-refractivity contribution in [3.8, 4) is 5.88 Å². The minimum absolute atomic E-state index is 0.0245. The number of alkyl halides is 2. The van der Waals surface area contributed by atoms with Crippen LogP contribution < -0.4 is 10.1 Å². The first-order valence-electron chi connectivity index (χ1n) is 12.3. The summed E-state index contributed by atoms with van der Waals surface area (Å²) in [5.74, 6) is 0.341. The lowest BCUT2D eigenvalue weighted by atomic mass is 10.0. The molecule has 2 atom stereocenters. The van der Waals surface area contributed by atoms with Crippen LogP contribution in [0.15, 0.2) is 12.3 Å². The van der Waals surface area contributed by atoms with Crippen LogP contribution in [0, 0.1) is 13.8 Å². The molecule has 0 radical (unpaired) electrons. The first kappa shape index (κ1) is 25.9. The van der Waals surface area contributed by atoms with Crippen molar-refractivity contribution in [2.24, 2.45) is 0 Å². The third-order valence-corrected chi connectivity index (χ3v) is 7.46. The fourth-order valence-corrected chi connectivity index (χ4v) is 5.48. The molecule has 0 spiro atoms. The number of nitrogens with zero attached hydrogens (tertiary/aromatic N) is 3. The number of aromatic nitrogens is 2. The van der Waals surface area contributed by atoms with Gasteiger partial charge in [-0.2, -0.15) is 0 Å². The van der Waals surface area contributed by atoms with Crippen molar-refractivity contribution in [3.05, 3.63) is 39.0 Å². The van der Waals surface area contributed by atoms with Gasteiger partial charge < -0.3 is 19.7 Å². The summed E-state index contributed by atoms with van der Waals surface area (Å²) in [6.07, 6.45) is 4.31. The monoisotopic (exact) mass is 508 g/mol. The van der Waals surface area contributed by atoms with E-state index in [1.54, 1.807) is 17.5 Å². The molecule has 0 unspecified atom stereocenters. The zero-order valence-corrected chi connectivity index (χ0v) is 21.2. The van der Waals surface area contributed by atoms with Crippen molar-refractivity contribution < 1.29 is 23.0 Å². The summed E-state index contributed by atoms with van der Waals surface area (Å²) in [4.78, 5) is 24.4. The first-order valence-corrected chi connectivity index (χ1v) is 13.1. The number of nitrogens with one attached hydrogen (secondary N) is 1. The van der Waals surface area contributed by atoms with Crippen LogP contribution in [0.5, 0.6) is 5.88 Å². The lowest BCUT2D eigenvalue weighted by Gasteiger charge is -2.31. The lowest BCUT2D eigenvalue weighted by molar-refractivity contribution is -0.122. The molecule has 0 saturated carbocycles. The maximum atomic E-state index is 12.5. The molecule has 2 aromatic rings. The minimum Gasteiger partial charge on any atom is -0.471 e. The highest BCUT2D eigenvalue weighted by atomic mass is 32.1. The topological polar surface area (TPSA) is 76.6 Å². The average Bonchev–Trinajstić information content (AvgIpc) is 3.12. The summed E-state index contributed by atoms with van der Waals surface area (Å²) in [5.41, 5.74) is 2.93. The van der Waals surface area contributed by atoms with Crippen LogP contribution in [0.2, 0.25) is 0 Å². The predicted molar refractivity (Wildman–Crippen MR) is 130 cm³/mol. The second-order valence-electron chi connectivity index (χ2n) is 9.37. The number of hydrogen-bond donors (Lipinski definition) is 1. The van der Waals surface area contributed by atoms with Gasteiger partial charge in [0.05, 0.1) is 30.2 Å². The van der Waals surface area contributed by atoms with Crippen LogP contribution in [0.1, 0.15) is 46.0 Å². The third-order valence-electron chi connectivity index (χ3n) is 6.55. The van der Waals surface area contributed by atoms with Crippen molar-refractivity contribution in [3.63, 3.8) is 0 Å². The molecule has 2 aromatic heterocycles. The Hall–Kier alpha value is -2.17. The number of ether oxygens (including phenoxy) is 2. The van der Waals surface area contributed by atoms with Crippen molar-refractivity contribution in [1.82, 2.24) is 20.2 Å². The summed E-state index contributed by atoms with van der Waals surface area (Å²) in [6, 6.07) is 2.10. The number of carbonyl (C=O) groups is 1. The number of hydrogen-bond acceptors (Lipinski definition) is 7. The number of amides is 1. The van der Waals surface area contributed by atoms with Gasteiger partial charge in [-0.25, -0.2) is 18.7 Å². The maximum absolute atomic E-state index is 12.5. The summed E-state index contributed by atoms with van der Waals surface area (Å²) in [7, 11) is 0. The molecular formula is C25H34F2N4O3S. The van der Waals surface area contributed by atoms with Crippen molar-refractivity contribution in [2.45, 2.75) is 70.9 Å². The van der Waals surface area contributed by atoms with Gasteiger partial charge in [-0.1, -0.05) is 0 Å². The molecule has 35 heavy (non-hydrogen) atoms. The van der Waals surface area contributed by atoms with Crippen LogP contribution in [0.25, 0.3) is 0 Å². The minimum atomic E-state index is -2.51. The molecule has 4 rings (SSSR count). The standard InChI is InChI=1S/C25H34F2N4O3S/c1-16-11-18-5-8-31(10-7-22(18)30-25(16)34-15-23(26)27)9-6-20-4-3-19(14-33-20)29-24(32)12-21-13-28-17(2)35-21/h11,13,19-20,23H,3-10,12,14-15H2,1-2H3,(H,29,32)/t19-,20+/m0/s1. The van der Waals surface area contributed by atoms with E-state index in [0.29, 0.717) is 18.9 Å². The molecule has 1 N–H and O–H groups in total. The van der Waals surface area contributed by atoms with Crippen molar-refractivity contribution in [1.29, 1.82) is 0 Å². The average molecular weight is 509 g/mol. The van der Waals surface area contributed by atoms with Gasteiger partial charge in [0.15, 0.2) is 6.61 Å². The predicted octanol–water partition coefficient (Wildman–Crippen LogP) is 3.50. The highest BCUT2D eigenvalue weighted by molar-refractivity contribution is 7.11. The summed E-state index contributed by atoms with van der Waals surface area (Å²) >= 11 is 1.56. The van der Waals surface area contributed by atoms with Gasteiger partial charge in [-0.15, -0.1) is 11.3 Å². The lowest BCUT2D eigenvalue weighted by Crippen LogP contribution is -2.44. The number of thiazole rings is 1. The van der Waals surface area contributed by atoms with E-state index < -0.39 is 13.0 Å². The Bertz CT molecular complexity index is 995. The molecule has 0 aliphatic carbocycles. The molecule has 7 nitrogen and oxygen atoms in total. The fourth-order valence-electron chi connectivity index (χ4n) is 4.69. The molecule has 0 bridgehead atoms. The zero-order chi connectivity index (χ0) is 24.8. The normalized spacial score (nSPS) is 20.9.